The number of alkyl halides is 1. The molecule has 1 aliphatic heterocycles. The zero-order chi connectivity index (χ0) is 11.5. The van der Waals surface area contributed by atoms with Crippen LogP contribution in [0.3, 0.4) is 0 Å². The van der Waals surface area contributed by atoms with Gasteiger partial charge < -0.3 is 0 Å². The second-order valence-electron chi connectivity index (χ2n) is 4.16. The number of nitrogens with zero attached hydrogens (tertiary/aromatic N) is 1. The highest BCUT2D eigenvalue weighted by atomic mass is 79.9. The Bertz CT molecular complexity index is 372. The summed E-state index contributed by atoms with van der Waals surface area (Å²) in [6, 6.07) is 5.22. The Balaban J connectivity index is 2.08. The quantitative estimate of drug-likeness (QED) is 0.767. The Kier molecular flexibility index (Phi) is 4.22. The number of likely N-dealkylation sites (tertiary alicyclic amines) is 1. The fourth-order valence-corrected chi connectivity index (χ4v) is 3.11. The summed E-state index contributed by atoms with van der Waals surface area (Å²) in [4.78, 5) is 2.40. The van der Waals surface area contributed by atoms with Gasteiger partial charge in [-0.05, 0) is 37.1 Å². The molecule has 0 spiro atoms. The van der Waals surface area contributed by atoms with Crippen molar-refractivity contribution in [3.05, 3.63) is 34.6 Å². The second-order valence-corrected chi connectivity index (χ2v) is 5.21. The summed E-state index contributed by atoms with van der Waals surface area (Å²) < 4.78 is 12.9. The van der Waals surface area contributed by atoms with Crippen molar-refractivity contribution < 1.29 is 4.39 Å². The summed E-state index contributed by atoms with van der Waals surface area (Å²) in [5, 5.41) is 1.52. The van der Waals surface area contributed by atoms with Gasteiger partial charge in [0.25, 0.3) is 0 Å². The first-order valence-corrected chi connectivity index (χ1v) is 6.94. The van der Waals surface area contributed by atoms with Gasteiger partial charge in [0, 0.05) is 22.9 Å². The topological polar surface area (TPSA) is 3.24 Å². The van der Waals surface area contributed by atoms with Gasteiger partial charge in [-0.15, -0.1) is 0 Å². The van der Waals surface area contributed by atoms with Crippen LogP contribution in [-0.2, 0) is 6.54 Å². The van der Waals surface area contributed by atoms with E-state index in [1.165, 1.54) is 25.0 Å². The molecule has 1 saturated heterocycles. The third-order valence-corrected chi connectivity index (χ3v) is 4.16. The molecule has 1 unspecified atom stereocenters. The molecule has 0 aliphatic carbocycles. The minimum Gasteiger partial charge on any atom is -0.295 e. The highest BCUT2D eigenvalue weighted by Gasteiger charge is 2.23. The largest absolute Gasteiger partial charge is 0.295 e. The van der Waals surface area contributed by atoms with Crippen LogP contribution in [0.5, 0.6) is 0 Å². The molecular weight excluding hydrogens is 292 g/mol. The highest BCUT2D eigenvalue weighted by Crippen LogP contribution is 2.25. The van der Waals surface area contributed by atoms with Crippen LogP contribution in [0.4, 0.5) is 4.39 Å². The maximum absolute atomic E-state index is 12.9. The third kappa shape index (κ3) is 2.76. The van der Waals surface area contributed by atoms with Gasteiger partial charge in [0.15, 0.2) is 0 Å². The lowest BCUT2D eigenvalue weighted by atomic mass is 10.2. The minimum absolute atomic E-state index is 0.271. The van der Waals surface area contributed by atoms with E-state index in [0.29, 0.717) is 11.1 Å². The summed E-state index contributed by atoms with van der Waals surface area (Å²) in [7, 11) is 0. The Labute approximate surface area is 109 Å². The molecule has 1 aliphatic rings. The van der Waals surface area contributed by atoms with E-state index in [-0.39, 0.29) is 5.82 Å². The first-order valence-electron chi connectivity index (χ1n) is 5.44. The first-order chi connectivity index (χ1) is 7.70. The predicted octanol–water partition coefficient (Wildman–Crippen LogP) is 3.84. The average Bonchev–Trinajstić information content (AvgIpc) is 2.69. The standard InChI is InChI=1S/C12H14BrClFN/c13-7-11-2-1-5-16(11)8-9-3-4-10(15)6-12(9)14/h3-4,6,11H,1-2,5,7-8H2. The van der Waals surface area contributed by atoms with Crippen molar-refractivity contribution in [2.45, 2.75) is 25.4 Å². The van der Waals surface area contributed by atoms with E-state index in [9.17, 15) is 4.39 Å². The molecule has 0 amide bonds. The molecule has 4 heteroatoms. The van der Waals surface area contributed by atoms with Gasteiger partial charge in [0.2, 0.25) is 0 Å². The number of hydrogen-bond acceptors (Lipinski definition) is 1. The maximum Gasteiger partial charge on any atom is 0.124 e. The van der Waals surface area contributed by atoms with Crippen molar-refractivity contribution in [1.29, 1.82) is 0 Å². The van der Waals surface area contributed by atoms with Crippen LogP contribution in [0.15, 0.2) is 18.2 Å². The van der Waals surface area contributed by atoms with Gasteiger partial charge in [0.05, 0.1) is 0 Å². The monoisotopic (exact) mass is 305 g/mol. The lowest BCUT2D eigenvalue weighted by Crippen LogP contribution is -2.30. The molecule has 1 atom stereocenters. The summed E-state index contributed by atoms with van der Waals surface area (Å²) in [6.07, 6.45) is 2.46. The number of benzene rings is 1. The number of rotatable bonds is 3. The smallest absolute Gasteiger partial charge is 0.124 e. The van der Waals surface area contributed by atoms with E-state index in [1.54, 1.807) is 6.07 Å². The molecule has 16 heavy (non-hydrogen) atoms. The van der Waals surface area contributed by atoms with Crippen molar-refractivity contribution in [2.75, 3.05) is 11.9 Å². The molecule has 0 N–H and O–H groups in total. The second kappa shape index (κ2) is 5.48. The minimum atomic E-state index is -0.271. The molecule has 1 aromatic carbocycles. The summed E-state index contributed by atoms with van der Waals surface area (Å²) >= 11 is 9.55. The van der Waals surface area contributed by atoms with Crippen LogP contribution in [0.1, 0.15) is 18.4 Å². The van der Waals surface area contributed by atoms with Crippen LogP contribution in [0.25, 0.3) is 0 Å². The molecule has 0 radical (unpaired) electrons. The Morgan fingerprint density at radius 1 is 1.50 bits per heavy atom. The van der Waals surface area contributed by atoms with Crippen LogP contribution in [0, 0.1) is 5.82 Å². The van der Waals surface area contributed by atoms with Crippen LogP contribution in [0.2, 0.25) is 5.02 Å². The fraction of sp³-hybridized carbons (Fsp3) is 0.500. The fourth-order valence-electron chi connectivity index (χ4n) is 2.15. The van der Waals surface area contributed by atoms with Gasteiger partial charge in [0.1, 0.15) is 5.82 Å². The van der Waals surface area contributed by atoms with E-state index in [0.717, 1.165) is 24.0 Å². The van der Waals surface area contributed by atoms with Gasteiger partial charge >= 0.3 is 0 Å². The normalized spacial score (nSPS) is 21.6. The third-order valence-electron chi connectivity index (χ3n) is 3.07. The van der Waals surface area contributed by atoms with E-state index in [4.69, 9.17) is 11.6 Å². The SMILES string of the molecule is Fc1ccc(CN2CCCC2CBr)c(Cl)c1. The van der Waals surface area contributed by atoms with Crippen molar-refractivity contribution >= 4 is 27.5 Å². The van der Waals surface area contributed by atoms with Crippen molar-refractivity contribution in [3.63, 3.8) is 0 Å². The van der Waals surface area contributed by atoms with E-state index in [2.05, 4.69) is 20.8 Å². The Morgan fingerprint density at radius 2 is 2.31 bits per heavy atom. The van der Waals surface area contributed by atoms with Crippen LogP contribution in [-0.4, -0.2) is 22.8 Å². The van der Waals surface area contributed by atoms with Gasteiger partial charge in [-0.2, -0.15) is 0 Å². The van der Waals surface area contributed by atoms with Gasteiger partial charge in [-0.25, -0.2) is 4.39 Å². The Hall–Kier alpha value is -0.120. The molecule has 2 rings (SSSR count). The first kappa shape index (κ1) is 12.3. The number of halogens is 3. The molecule has 1 nitrogen and oxygen atoms in total. The van der Waals surface area contributed by atoms with E-state index >= 15 is 0 Å². The summed E-state index contributed by atoms with van der Waals surface area (Å²) in [6.45, 7) is 1.92. The van der Waals surface area contributed by atoms with E-state index < -0.39 is 0 Å². The molecule has 1 aromatic rings. The van der Waals surface area contributed by atoms with E-state index in [1.807, 2.05) is 0 Å². The zero-order valence-electron chi connectivity index (χ0n) is 8.93. The number of hydrogen-bond donors (Lipinski definition) is 0. The Morgan fingerprint density at radius 3 is 3.00 bits per heavy atom. The molecule has 0 saturated carbocycles. The van der Waals surface area contributed by atoms with Gasteiger partial charge in [-0.3, -0.25) is 4.90 Å². The van der Waals surface area contributed by atoms with Crippen LogP contribution >= 0.6 is 27.5 Å². The molecular formula is C12H14BrClFN. The highest BCUT2D eigenvalue weighted by molar-refractivity contribution is 9.09. The van der Waals surface area contributed by atoms with Crippen molar-refractivity contribution in [1.82, 2.24) is 4.90 Å². The van der Waals surface area contributed by atoms with Gasteiger partial charge in [-0.1, -0.05) is 33.6 Å². The van der Waals surface area contributed by atoms with Crippen LogP contribution < -0.4 is 0 Å². The zero-order valence-corrected chi connectivity index (χ0v) is 11.3. The lowest BCUT2D eigenvalue weighted by Gasteiger charge is -2.23. The maximum atomic E-state index is 12.9. The summed E-state index contributed by atoms with van der Waals surface area (Å²) in [5.74, 6) is -0.271. The van der Waals surface area contributed by atoms with Crippen molar-refractivity contribution in [2.24, 2.45) is 0 Å². The molecule has 0 bridgehead atoms. The summed E-state index contributed by atoms with van der Waals surface area (Å²) in [5.41, 5.74) is 1.01. The molecule has 0 aromatic heterocycles. The molecule has 1 heterocycles. The molecule has 88 valence electrons. The lowest BCUT2D eigenvalue weighted by molar-refractivity contribution is 0.265. The van der Waals surface area contributed by atoms with Crippen molar-refractivity contribution in [3.8, 4) is 0 Å². The average molecular weight is 307 g/mol. The molecule has 1 fully saturated rings. The predicted molar refractivity (Wildman–Crippen MR) is 68.6 cm³/mol.